The number of methoxy groups -OCH3 is 1. The van der Waals surface area contributed by atoms with Crippen molar-refractivity contribution in [3.8, 4) is 0 Å². The van der Waals surface area contributed by atoms with Crippen molar-refractivity contribution >= 4 is 23.5 Å². The average Bonchev–Trinajstić information content (AvgIpc) is 2.54. The second kappa shape index (κ2) is 7.89. The maximum atomic E-state index is 11.9. The number of hydrogen-bond acceptors (Lipinski definition) is 6. The topological polar surface area (TPSA) is 72.8 Å². The number of rotatable bonds is 6. The summed E-state index contributed by atoms with van der Waals surface area (Å²) in [6.45, 7) is 0. The lowest BCUT2D eigenvalue weighted by Crippen LogP contribution is -2.32. The van der Waals surface area contributed by atoms with E-state index >= 15 is 0 Å². The highest BCUT2D eigenvalue weighted by Crippen LogP contribution is 2.34. The summed E-state index contributed by atoms with van der Waals surface area (Å²) in [6, 6.07) is 9.88. The summed E-state index contributed by atoms with van der Waals surface area (Å²) in [5.74, 6) is -0.898. The van der Waals surface area contributed by atoms with Gasteiger partial charge in [0.25, 0.3) is 0 Å². The first-order valence-corrected chi connectivity index (χ1v) is 7.97. The molecule has 0 saturated carbocycles. The molecule has 0 heterocycles. The quantitative estimate of drug-likeness (QED) is 0.457. The van der Waals surface area contributed by atoms with Crippen molar-refractivity contribution in [1.29, 1.82) is 0 Å². The van der Waals surface area contributed by atoms with Crippen LogP contribution in [0.15, 0.2) is 52.2 Å². The highest BCUT2D eigenvalue weighted by Gasteiger charge is 2.38. The molecule has 5 nitrogen and oxygen atoms in total. The van der Waals surface area contributed by atoms with Gasteiger partial charge in [-0.1, -0.05) is 18.2 Å². The third-order valence-corrected chi connectivity index (χ3v) is 4.67. The molecule has 2 atom stereocenters. The van der Waals surface area contributed by atoms with Gasteiger partial charge in [-0.05, 0) is 35.4 Å². The Bertz CT molecular complexity index is 585. The van der Waals surface area contributed by atoms with Gasteiger partial charge in [-0.3, -0.25) is 9.59 Å². The second-order valence-corrected chi connectivity index (χ2v) is 6.21. The van der Waals surface area contributed by atoms with Crippen molar-refractivity contribution in [2.75, 3.05) is 12.9 Å². The molecule has 1 aliphatic rings. The summed E-state index contributed by atoms with van der Waals surface area (Å²) in [4.78, 5) is 35.6. The average molecular weight is 319 g/mol. The van der Waals surface area contributed by atoms with Crippen LogP contribution >= 0.6 is 11.8 Å². The van der Waals surface area contributed by atoms with Gasteiger partial charge in [-0.2, -0.15) is 0 Å². The summed E-state index contributed by atoms with van der Waals surface area (Å²) < 4.78 is 4.76. The summed E-state index contributed by atoms with van der Waals surface area (Å²) in [7, 11) is 1.27. The van der Waals surface area contributed by atoms with E-state index in [1.165, 1.54) is 7.11 Å². The molecule has 0 aliphatic heterocycles. The first-order valence-electron chi connectivity index (χ1n) is 6.99. The van der Waals surface area contributed by atoms with Crippen molar-refractivity contribution < 1.29 is 14.3 Å². The van der Waals surface area contributed by atoms with Gasteiger partial charge < -0.3 is 4.74 Å². The fourth-order valence-electron chi connectivity index (χ4n) is 2.57. The number of ether oxygens (including phenoxy) is 1. The highest BCUT2D eigenvalue weighted by molar-refractivity contribution is 7.99. The lowest BCUT2D eigenvalue weighted by molar-refractivity contribution is -0.146. The minimum Gasteiger partial charge on any atom is -0.468 e. The number of benzene rings is 1. The molecule has 0 aromatic heterocycles. The predicted molar refractivity (Wildman–Crippen MR) is 84.3 cm³/mol. The number of nitroso groups, excluding NO2 is 1. The number of nitrogens with zero attached hydrogens (tertiary/aromatic N) is 1. The van der Waals surface area contributed by atoms with E-state index in [4.69, 9.17) is 4.74 Å². The van der Waals surface area contributed by atoms with E-state index in [1.54, 1.807) is 11.8 Å². The Balaban J connectivity index is 2.03. The van der Waals surface area contributed by atoms with Gasteiger partial charge in [-0.15, -0.1) is 16.7 Å². The molecule has 0 bridgehead atoms. The molecule has 6 heteroatoms. The van der Waals surface area contributed by atoms with E-state index in [0.717, 1.165) is 16.7 Å². The van der Waals surface area contributed by atoms with Crippen LogP contribution in [0.3, 0.4) is 0 Å². The summed E-state index contributed by atoms with van der Waals surface area (Å²) in [5.41, 5.74) is -0.0159. The lowest BCUT2D eigenvalue weighted by atomic mass is 9.79. The molecule has 0 saturated heterocycles. The van der Waals surface area contributed by atoms with Crippen LogP contribution in [0.1, 0.15) is 12.8 Å². The van der Waals surface area contributed by atoms with Crippen molar-refractivity contribution in [2.24, 2.45) is 17.0 Å². The van der Waals surface area contributed by atoms with Gasteiger partial charge in [-0.25, -0.2) is 0 Å². The van der Waals surface area contributed by atoms with Crippen LogP contribution in [0.2, 0.25) is 0 Å². The molecule has 1 aliphatic carbocycles. The van der Waals surface area contributed by atoms with E-state index in [0.29, 0.717) is 6.42 Å². The molecule has 0 spiro atoms. The zero-order chi connectivity index (χ0) is 15.9. The standard InChI is InChI=1S/C16H17NO4S/c1-21-16(19)15-11(9-12(18)10-14(15)17-20)7-8-22-13-5-3-2-4-6-13/h2-6,10-11,15H,7-9H2,1H3. The number of thioether (sulfide) groups is 1. The van der Waals surface area contributed by atoms with Crippen LogP contribution in [-0.4, -0.2) is 24.6 Å². The van der Waals surface area contributed by atoms with Gasteiger partial charge in [0.15, 0.2) is 5.78 Å². The third-order valence-electron chi connectivity index (χ3n) is 3.62. The maximum Gasteiger partial charge on any atom is 0.315 e. The van der Waals surface area contributed by atoms with Crippen LogP contribution < -0.4 is 0 Å². The molecule has 1 aromatic rings. The zero-order valence-corrected chi connectivity index (χ0v) is 13.0. The Morgan fingerprint density at radius 2 is 2.09 bits per heavy atom. The number of carbonyl (C=O) groups is 2. The van der Waals surface area contributed by atoms with Crippen LogP contribution in [-0.2, 0) is 14.3 Å². The third kappa shape index (κ3) is 4.04. The van der Waals surface area contributed by atoms with E-state index in [9.17, 15) is 14.5 Å². The van der Waals surface area contributed by atoms with Gasteiger partial charge in [0.1, 0.15) is 11.6 Å². The highest BCUT2D eigenvalue weighted by atomic mass is 32.2. The van der Waals surface area contributed by atoms with Crippen molar-refractivity contribution in [3.63, 3.8) is 0 Å². The number of allylic oxidation sites excluding steroid dienone is 1. The normalized spacial score (nSPS) is 21.1. The molecule has 0 radical (unpaired) electrons. The number of esters is 1. The van der Waals surface area contributed by atoms with Crippen LogP contribution in [0.4, 0.5) is 0 Å². The molecule has 0 amide bonds. The summed E-state index contributed by atoms with van der Waals surface area (Å²) in [5, 5.41) is 2.85. The van der Waals surface area contributed by atoms with E-state index < -0.39 is 11.9 Å². The van der Waals surface area contributed by atoms with Crippen LogP contribution in [0, 0.1) is 16.7 Å². The first-order chi connectivity index (χ1) is 10.7. The fourth-order valence-corrected chi connectivity index (χ4v) is 3.57. The fraction of sp³-hybridized carbons (Fsp3) is 0.375. The maximum absolute atomic E-state index is 11.9. The Hall–Kier alpha value is -1.95. The predicted octanol–water partition coefficient (Wildman–Crippen LogP) is 3.20. The smallest absolute Gasteiger partial charge is 0.315 e. The number of ketones is 1. The molecule has 0 fully saturated rings. The molecule has 116 valence electrons. The minimum absolute atomic E-state index is 0.0159. The van der Waals surface area contributed by atoms with E-state index in [-0.39, 0.29) is 23.8 Å². The van der Waals surface area contributed by atoms with Crippen molar-refractivity contribution in [1.82, 2.24) is 0 Å². The van der Waals surface area contributed by atoms with Gasteiger partial charge >= 0.3 is 5.97 Å². The SMILES string of the molecule is COC(=O)C1C(N=O)=CC(=O)CC1CCSc1ccccc1. The number of carbonyl (C=O) groups excluding carboxylic acids is 2. The zero-order valence-electron chi connectivity index (χ0n) is 12.2. The number of hydrogen-bond donors (Lipinski definition) is 0. The molecule has 2 rings (SSSR count). The Labute approximate surface area is 133 Å². The molecular weight excluding hydrogens is 302 g/mol. The summed E-state index contributed by atoms with van der Waals surface area (Å²) in [6.07, 6.45) is 2.04. The Morgan fingerprint density at radius 3 is 2.73 bits per heavy atom. The lowest BCUT2D eigenvalue weighted by Gasteiger charge is -2.26. The molecule has 2 unspecified atom stereocenters. The van der Waals surface area contributed by atoms with E-state index in [1.807, 2.05) is 30.3 Å². The second-order valence-electron chi connectivity index (χ2n) is 5.04. The monoisotopic (exact) mass is 319 g/mol. The van der Waals surface area contributed by atoms with Crippen molar-refractivity contribution in [2.45, 2.75) is 17.7 Å². The molecule has 1 aromatic carbocycles. The van der Waals surface area contributed by atoms with Crippen LogP contribution in [0.25, 0.3) is 0 Å². The largest absolute Gasteiger partial charge is 0.468 e. The molecule has 0 N–H and O–H groups in total. The molecule has 22 heavy (non-hydrogen) atoms. The van der Waals surface area contributed by atoms with Crippen molar-refractivity contribution in [3.05, 3.63) is 47.0 Å². The minimum atomic E-state index is -0.739. The first kappa shape index (κ1) is 16.4. The van der Waals surface area contributed by atoms with Gasteiger partial charge in [0, 0.05) is 17.4 Å². The van der Waals surface area contributed by atoms with E-state index in [2.05, 4.69) is 5.18 Å². The van der Waals surface area contributed by atoms with Gasteiger partial charge in [0.2, 0.25) is 0 Å². The van der Waals surface area contributed by atoms with Gasteiger partial charge in [0.05, 0.1) is 7.11 Å². The Kier molecular flexibility index (Phi) is 5.89. The molecular formula is C16H17NO4S. The summed E-state index contributed by atoms with van der Waals surface area (Å²) >= 11 is 1.65. The van der Waals surface area contributed by atoms with Crippen LogP contribution in [0.5, 0.6) is 0 Å². The Morgan fingerprint density at radius 1 is 1.36 bits per heavy atom.